The lowest BCUT2D eigenvalue weighted by atomic mass is 10.2. The smallest absolute Gasteiger partial charge is 0.249 e. The molecule has 0 aliphatic carbocycles. The van der Waals surface area contributed by atoms with Gasteiger partial charge in [-0.25, -0.2) is 9.37 Å². The summed E-state index contributed by atoms with van der Waals surface area (Å²) in [4.78, 5) is 18.3. The number of anilines is 1. The van der Waals surface area contributed by atoms with Crippen LogP contribution in [0.15, 0.2) is 67.0 Å². The van der Waals surface area contributed by atoms with E-state index in [0.717, 1.165) is 15.3 Å². The molecule has 1 amide bonds. The summed E-state index contributed by atoms with van der Waals surface area (Å²) in [7, 11) is 0. The van der Waals surface area contributed by atoms with Crippen molar-refractivity contribution in [1.82, 2.24) is 14.6 Å². The Balaban J connectivity index is 1.47. The Bertz CT molecular complexity index is 1100. The second-order valence-corrected chi connectivity index (χ2v) is 6.58. The minimum atomic E-state index is -0.260. The summed E-state index contributed by atoms with van der Waals surface area (Å²) in [5.41, 5.74) is 1.60. The van der Waals surface area contributed by atoms with E-state index >= 15 is 0 Å². The maximum atomic E-state index is 13.0. The second kappa shape index (κ2) is 6.89. The monoisotopic (exact) mass is 364 g/mol. The van der Waals surface area contributed by atoms with Crippen molar-refractivity contribution in [3.63, 3.8) is 0 Å². The lowest BCUT2D eigenvalue weighted by Crippen LogP contribution is -2.11. The Morgan fingerprint density at radius 3 is 2.77 bits per heavy atom. The van der Waals surface area contributed by atoms with Crippen LogP contribution in [-0.4, -0.2) is 20.5 Å². The van der Waals surface area contributed by atoms with Crippen molar-refractivity contribution < 1.29 is 9.18 Å². The summed E-state index contributed by atoms with van der Waals surface area (Å²) >= 11 is 1.53. The van der Waals surface area contributed by atoms with Crippen molar-refractivity contribution in [2.75, 3.05) is 5.32 Å². The van der Waals surface area contributed by atoms with Gasteiger partial charge in [-0.15, -0.1) is 11.3 Å². The molecule has 0 aliphatic heterocycles. The quantitative estimate of drug-likeness (QED) is 0.551. The van der Waals surface area contributed by atoms with E-state index < -0.39 is 0 Å². The molecule has 4 aromatic rings. The fraction of sp³-hybridized carbons (Fsp3) is 0. The molecule has 0 bridgehead atoms. The average molecular weight is 364 g/mol. The number of amides is 1. The molecule has 0 radical (unpaired) electrons. The second-order valence-electron chi connectivity index (χ2n) is 5.46. The van der Waals surface area contributed by atoms with Crippen LogP contribution in [-0.2, 0) is 4.79 Å². The van der Waals surface area contributed by atoms with E-state index in [1.165, 1.54) is 29.5 Å². The Labute approximate surface area is 152 Å². The topological polar surface area (TPSA) is 59.3 Å². The normalized spacial score (nSPS) is 11.3. The first kappa shape index (κ1) is 16.2. The van der Waals surface area contributed by atoms with E-state index in [-0.39, 0.29) is 11.7 Å². The summed E-state index contributed by atoms with van der Waals surface area (Å²) < 4.78 is 14.6. The zero-order chi connectivity index (χ0) is 17.9. The molecule has 128 valence electrons. The van der Waals surface area contributed by atoms with Crippen LogP contribution in [0.3, 0.4) is 0 Å². The van der Waals surface area contributed by atoms with Crippen LogP contribution >= 0.6 is 11.3 Å². The van der Waals surface area contributed by atoms with Crippen molar-refractivity contribution in [3.8, 4) is 10.4 Å². The molecule has 1 aromatic carbocycles. The molecular weight excluding hydrogens is 351 g/mol. The molecule has 0 spiro atoms. The number of carbonyl (C=O) groups excluding carboxylic acids is 1. The summed E-state index contributed by atoms with van der Waals surface area (Å²) in [6, 6.07) is 13.7. The molecule has 0 saturated carbocycles. The number of hydrogen-bond donors (Lipinski definition) is 1. The summed E-state index contributed by atoms with van der Waals surface area (Å²) in [5, 5.41) is 6.91. The highest BCUT2D eigenvalue weighted by Gasteiger charge is 2.05. The lowest BCUT2D eigenvalue weighted by Gasteiger charge is -2.03. The number of nitrogens with zero attached hydrogens (tertiary/aromatic N) is 3. The van der Waals surface area contributed by atoms with Gasteiger partial charge in [-0.3, -0.25) is 4.79 Å². The molecule has 0 fully saturated rings. The van der Waals surface area contributed by atoms with Crippen LogP contribution in [0.4, 0.5) is 10.2 Å². The van der Waals surface area contributed by atoms with Gasteiger partial charge in [0.05, 0.1) is 6.20 Å². The van der Waals surface area contributed by atoms with Crippen LogP contribution in [0, 0.1) is 5.82 Å². The zero-order valence-electron chi connectivity index (χ0n) is 13.5. The summed E-state index contributed by atoms with van der Waals surface area (Å²) in [5.74, 6) is 0.0297. The maximum Gasteiger partial charge on any atom is 0.249 e. The fourth-order valence-corrected chi connectivity index (χ4v) is 3.38. The fourth-order valence-electron chi connectivity index (χ4n) is 2.47. The number of aromatic nitrogens is 3. The van der Waals surface area contributed by atoms with Crippen LogP contribution in [0.25, 0.3) is 22.2 Å². The number of hydrogen-bond acceptors (Lipinski definition) is 4. The first-order valence-corrected chi connectivity index (χ1v) is 8.64. The molecule has 0 saturated heterocycles. The van der Waals surface area contributed by atoms with Gasteiger partial charge in [0, 0.05) is 28.1 Å². The van der Waals surface area contributed by atoms with Gasteiger partial charge in [-0.1, -0.05) is 12.1 Å². The van der Waals surface area contributed by atoms with Crippen LogP contribution in [0.2, 0.25) is 0 Å². The predicted octanol–water partition coefficient (Wildman–Crippen LogP) is 4.25. The van der Waals surface area contributed by atoms with Crippen molar-refractivity contribution in [2.24, 2.45) is 0 Å². The third-order valence-corrected chi connectivity index (χ3v) is 4.80. The molecule has 0 atom stereocenters. The van der Waals surface area contributed by atoms with Crippen molar-refractivity contribution in [1.29, 1.82) is 0 Å². The van der Waals surface area contributed by atoms with Gasteiger partial charge in [0.2, 0.25) is 5.91 Å². The number of rotatable bonds is 4. The van der Waals surface area contributed by atoms with Gasteiger partial charge in [0.1, 0.15) is 11.6 Å². The number of nitrogens with one attached hydrogen (secondary N) is 1. The first-order valence-electron chi connectivity index (χ1n) is 7.83. The number of carbonyl (C=O) groups is 1. The van der Waals surface area contributed by atoms with Crippen LogP contribution < -0.4 is 5.32 Å². The highest BCUT2D eigenvalue weighted by atomic mass is 32.1. The van der Waals surface area contributed by atoms with E-state index in [9.17, 15) is 9.18 Å². The molecule has 0 aliphatic rings. The molecule has 3 heterocycles. The minimum absolute atomic E-state index is 0.260. The Kier molecular flexibility index (Phi) is 4.28. The molecule has 26 heavy (non-hydrogen) atoms. The first-order chi connectivity index (χ1) is 12.7. The highest BCUT2D eigenvalue weighted by molar-refractivity contribution is 7.16. The van der Waals surface area contributed by atoms with Crippen molar-refractivity contribution >= 4 is 34.8 Å². The van der Waals surface area contributed by atoms with Gasteiger partial charge >= 0.3 is 0 Å². The number of benzene rings is 1. The Morgan fingerprint density at radius 2 is 1.92 bits per heavy atom. The van der Waals surface area contributed by atoms with Gasteiger partial charge < -0.3 is 5.32 Å². The highest BCUT2D eigenvalue weighted by Crippen LogP contribution is 2.28. The van der Waals surface area contributed by atoms with Gasteiger partial charge in [0.25, 0.3) is 0 Å². The van der Waals surface area contributed by atoms with Gasteiger partial charge in [-0.05, 0) is 42.0 Å². The Morgan fingerprint density at radius 1 is 1.08 bits per heavy atom. The van der Waals surface area contributed by atoms with Gasteiger partial charge in [-0.2, -0.15) is 9.61 Å². The molecule has 3 aromatic heterocycles. The molecular formula is C19H13FN4OS. The predicted molar refractivity (Wildman–Crippen MR) is 100 cm³/mol. The number of fused-ring (bicyclic) bond motifs is 1. The minimum Gasteiger partial charge on any atom is -0.307 e. The lowest BCUT2D eigenvalue weighted by molar-refractivity contribution is -0.111. The van der Waals surface area contributed by atoms with Crippen LogP contribution in [0.5, 0.6) is 0 Å². The van der Waals surface area contributed by atoms with E-state index in [1.54, 1.807) is 47.3 Å². The van der Waals surface area contributed by atoms with E-state index in [2.05, 4.69) is 15.4 Å². The average Bonchev–Trinajstić information content (AvgIpc) is 3.30. The van der Waals surface area contributed by atoms with Crippen molar-refractivity contribution in [2.45, 2.75) is 0 Å². The van der Waals surface area contributed by atoms with E-state index in [1.807, 2.05) is 12.1 Å². The maximum absolute atomic E-state index is 13.0. The van der Waals surface area contributed by atoms with Gasteiger partial charge in [0.15, 0.2) is 5.65 Å². The summed E-state index contributed by atoms with van der Waals surface area (Å²) in [6.45, 7) is 0. The van der Waals surface area contributed by atoms with E-state index in [4.69, 9.17) is 0 Å². The third-order valence-electron chi connectivity index (χ3n) is 3.70. The Hall–Kier alpha value is -3.32. The molecule has 1 N–H and O–H groups in total. The summed E-state index contributed by atoms with van der Waals surface area (Å²) in [6.07, 6.45) is 6.45. The molecule has 0 unspecified atom stereocenters. The SMILES string of the molecule is O=C(/C=C/c1ccc(-c2ccc(F)cc2)s1)Nc1ccnc2ccnn12. The molecule has 4 rings (SSSR count). The molecule has 5 nitrogen and oxygen atoms in total. The molecule has 7 heteroatoms. The number of halogens is 1. The van der Waals surface area contributed by atoms with Crippen molar-refractivity contribution in [3.05, 3.63) is 77.7 Å². The van der Waals surface area contributed by atoms with Crippen LogP contribution in [0.1, 0.15) is 4.88 Å². The largest absolute Gasteiger partial charge is 0.307 e. The zero-order valence-corrected chi connectivity index (χ0v) is 14.3. The third kappa shape index (κ3) is 3.38. The number of thiophene rings is 1. The standard InChI is InChI=1S/C19H13FN4OS/c20-14-3-1-13(2-4-14)16-7-5-15(26-16)6-8-19(25)23-18-9-11-21-17-10-12-22-24(17)18/h1-12H,(H,23,25)/b8-6+. The van der Waals surface area contributed by atoms with E-state index in [0.29, 0.717) is 11.5 Å².